The normalized spacial score (nSPS) is 11.5. The zero-order chi connectivity index (χ0) is 45.0. The second-order valence-corrected chi connectivity index (χ2v) is 17.6. The summed E-state index contributed by atoms with van der Waals surface area (Å²) in [4.78, 5) is 4.95. The summed E-state index contributed by atoms with van der Waals surface area (Å²) in [6, 6.07) is 97.8. The second kappa shape index (κ2) is 16.5. The van der Waals surface area contributed by atoms with Gasteiger partial charge < -0.3 is 9.80 Å². The van der Waals surface area contributed by atoms with E-state index in [9.17, 15) is 0 Å². The van der Waals surface area contributed by atoms with Crippen molar-refractivity contribution in [1.82, 2.24) is 0 Å². The average Bonchev–Trinajstić information content (AvgIpc) is 3.41. The molecule has 2 heteroatoms. The summed E-state index contributed by atoms with van der Waals surface area (Å²) in [5.41, 5.74) is 11.5. The zero-order valence-corrected chi connectivity index (χ0v) is 37.3. The van der Waals surface area contributed by atoms with Crippen LogP contribution in [0.2, 0.25) is 0 Å². The minimum Gasteiger partial charge on any atom is -0.309 e. The van der Waals surface area contributed by atoms with Crippen LogP contribution in [0.3, 0.4) is 0 Å². The highest BCUT2D eigenvalue weighted by Gasteiger charge is 2.24. The fourth-order valence-electron chi connectivity index (χ4n) is 10.7. The van der Waals surface area contributed by atoms with Crippen LogP contribution in [0.15, 0.2) is 267 Å². The van der Waals surface area contributed by atoms with E-state index < -0.39 is 0 Å². The Bertz CT molecular complexity index is 3600. The Kier molecular flexibility index (Phi) is 9.54. The molecule has 13 rings (SSSR count). The Morgan fingerprint density at radius 1 is 0.191 bits per heavy atom. The molecule has 0 aliphatic carbocycles. The third kappa shape index (κ3) is 6.57. The summed E-state index contributed by atoms with van der Waals surface area (Å²) in [7, 11) is 0. The summed E-state index contributed by atoms with van der Waals surface area (Å²) in [5.74, 6) is 0. The molecular formula is C66H44N2. The summed E-state index contributed by atoms with van der Waals surface area (Å²) < 4.78 is 0. The lowest BCUT2D eigenvalue weighted by Crippen LogP contribution is -2.11. The molecule has 0 fully saturated rings. The molecule has 0 spiro atoms. The van der Waals surface area contributed by atoms with E-state index in [1.54, 1.807) is 0 Å². The van der Waals surface area contributed by atoms with Gasteiger partial charge in [-0.3, -0.25) is 0 Å². The van der Waals surface area contributed by atoms with Gasteiger partial charge in [-0.25, -0.2) is 0 Å². The van der Waals surface area contributed by atoms with Crippen molar-refractivity contribution in [3.05, 3.63) is 267 Å². The molecule has 13 aromatic rings. The minimum absolute atomic E-state index is 1.09. The fraction of sp³-hybridized carbons (Fsp3) is 0. The molecule has 318 valence electrons. The van der Waals surface area contributed by atoms with Crippen molar-refractivity contribution in [2.45, 2.75) is 0 Å². The molecule has 0 N–H and O–H groups in total. The Balaban J connectivity index is 1.14. The van der Waals surface area contributed by atoms with Gasteiger partial charge in [0.05, 0.1) is 22.7 Å². The number of hydrogen-bond donors (Lipinski definition) is 0. The maximum atomic E-state index is 2.47. The second-order valence-electron chi connectivity index (χ2n) is 17.6. The van der Waals surface area contributed by atoms with Crippen LogP contribution in [0.1, 0.15) is 0 Å². The SMILES string of the molecule is c1ccc(-c2c3ccc(N(c4cccc5ccccc45)c4cccc5ccccc45)cc3c(-c3ccccc3)c3ccc(N(c4cccc5ccccc45)c4cccc5ccccc45)cc23)cc1. The van der Waals surface area contributed by atoms with E-state index in [0.717, 1.165) is 34.1 Å². The van der Waals surface area contributed by atoms with Crippen molar-refractivity contribution in [3.63, 3.8) is 0 Å². The van der Waals surface area contributed by atoms with Gasteiger partial charge in [-0.2, -0.15) is 0 Å². The van der Waals surface area contributed by atoms with Gasteiger partial charge in [-0.1, -0.05) is 218 Å². The maximum absolute atomic E-state index is 2.47. The van der Waals surface area contributed by atoms with Crippen molar-refractivity contribution in [3.8, 4) is 22.3 Å². The summed E-state index contributed by atoms with van der Waals surface area (Å²) in [5, 5.41) is 14.4. The van der Waals surface area contributed by atoms with Gasteiger partial charge in [-0.05, 0) is 114 Å². The quantitative estimate of drug-likeness (QED) is 0.140. The smallest absolute Gasteiger partial charge is 0.0540 e. The first-order valence-electron chi connectivity index (χ1n) is 23.4. The first-order valence-corrected chi connectivity index (χ1v) is 23.4. The number of anilines is 6. The molecule has 0 aromatic heterocycles. The monoisotopic (exact) mass is 864 g/mol. The van der Waals surface area contributed by atoms with Gasteiger partial charge >= 0.3 is 0 Å². The van der Waals surface area contributed by atoms with Crippen molar-refractivity contribution in [2.75, 3.05) is 9.80 Å². The largest absolute Gasteiger partial charge is 0.309 e. The average molecular weight is 865 g/mol. The van der Waals surface area contributed by atoms with E-state index in [4.69, 9.17) is 0 Å². The lowest BCUT2D eigenvalue weighted by atomic mass is 9.85. The van der Waals surface area contributed by atoms with Crippen LogP contribution in [-0.4, -0.2) is 0 Å². The fourth-order valence-corrected chi connectivity index (χ4v) is 10.7. The number of fused-ring (bicyclic) bond motifs is 6. The molecule has 0 aliphatic rings. The van der Waals surface area contributed by atoms with Crippen LogP contribution in [0.25, 0.3) is 86.9 Å². The Morgan fingerprint density at radius 3 is 0.794 bits per heavy atom. The van der Waals surface area contributed by atoms with Crippen molar-refractivity contribution >= 4 is 98.8 Å². The lowest BCUT2D eigenvalue weighted by Gasteiger charge is -2.30. The Morgan fingerprint density at radius 2 is 0.471 bits per heavy atom. The molecule has 0 bridgehead atoms. The molecule has 0 aliphatic heterocycles. The molecule has 0 amide bonds. The van der Waals surface area contributed by atoms with Gasteiger partial charge in [0.25, 0.3) is 0 Å². The molecule has 0 unspecified atom stereocenters. The van der Waals surface area contributed by atoms with E-state index in [1.807, 2.05) is 0 Å². The number of nitrogens with zero attached hydrogens (tertiary/aromatic N) is 2. The van der Waals surface area contributed by atoms with E-state index in [2.05, 4.69) is 277 Å². The van der Waals surface area contributed by atoms with Crippen LogP contribution < -0.4 is 9.80 Å². The van der Waals surface area contributed by atoms with E-state index >= 15 is 0 Å². The third-order valence-corrected chi connectivity index (χ3v) is 13.8. The standard InChI is InChI=1S/C66H44N2/c1-3-23-49(24-4-1)65-57-41-39-52(68(63-37-17-29-47-21-9-13-33-55(47)63)64-38-18-30-48-22-10-14-34-56(48)64)44-60(57)66(50-25-5-2-6-26-50)58-42-40-51(43-59(58)65)67(61-35-15-27-45-19-7-11-31-53(45)61)62-36-16-28-46-20-8-12-32-54(46)62/h1-44H. The van der Waals surface area contributed by atoms with Gasteiger partial charge in [0, 0.05) is 32.9 Å². The highest BCUT2D eigenvalue weighted by atomic mass is 15.2. The summed E-state index contributed by atoms with van der Waals surface area (Å²) in [6.07, 6.45) is 0. The molecule has 0 radical (unpaired) electrons. The Labute approximate surface area is 395 Å². The molecule has 0 atom stereocenters. The number of benzene rings is 13. The van der Waals surface area contributed by atoms with Gasteiger partial charge in [-0.15, -0.1) is 0 Å². The maximum Gasteiger partial charge on any atom is 0.0540 e. The number of hydrogen-bond acceptors (Lipinski definition) is 2. The van der Waals surface area contributed by atoms with Crippen molar-refractivity contribution in [2.24, 2.45) is 0 Å². The van der Waals surface area contributed by atoms with E-state index in [-0.39, 0.29) is 0 Å². The van der Waals surface area contributed by atoms with Crippen LogP contribution in [0.4, 0.5) is 34.1 Å². The topological polar surface area (TPSA) is 6.48 Å². The van der Waals surface area contributed by atoms with Gasteiger partial charge in [0.2, 0.25) is 0 Å². The highest BCUT2D eigenvalue weighted by molar-refractivity contribution is 6.23. The highest BCUT2D eigenvalue weighted by Crippen LogP contribution is 2.50. The first-order chi connectivity index (χ1) is 33.8. The zero-order valence-electron chi connectivity index (χ0n) is 37.3. The van der Waals surface area contributed by atoms with Crippen molar-refractivity contribution in [1.29, 1.82) is 0 Å². The van der Waals surface area contributed by atoms with Gasteiger partial charge in [0.15, 0.2) is 0 Å². The summed E-state index contributed by atoms with van der Waals surface area (Å²) in [6.45, 7) is 0. The van der Waals surface area contributed by atoms with Crippen molar-refractivity contribution < 1.29 is 0 Å². The lowest BCUT2D eigenvalue weighted by molar-refractivity contribution is 1.32. The van der Waals surface area contributed by atoms with Crippen LogP contribution in [0, 0.1) is 0 Å². The molecule has 0 saturated heterocycles. The van der Waals surface area contributed by atoms with Gasteiger partial charge in [0.1, 0.15) is 0 Å². The van der Waals surface area contributed by atoms with Crippen LogP contribution in [-0.2, 0) is 0 Å². The third-order valence-electron chi connectivity index (χ3n) is 13.8. The first kappa shape index (κ1) is 39.4. The summed E-state index contributed by atoms with van der Waals surface area (Å²) >= 11 is 0. The predicted octanol–water partition coefficient (Wildman–Crippen LogP) is 18.9. The minimum atomic E-state index is 1.09. The molecule has 68 heavy (non-hydrogen) atoms. The van der Waals surface area contributed by atoms with E-state index in [0.29, 0.717) is 0 Å². The number of rotatable bonds is 8. The predicted molar refractivity (Wildman–Crippen MR) is 292 cm³/mol. The molecular weight excluding hydrogens is 821 g/mol. The molecule has 0 heterocycles. The van der Waals surface area contributed by atoms with Crippen LogP contribution >= 0.6 is 0 Å². The van der Waals surface area contributed by atoms with Crippen LogP contribution in [0.5, 0.6) is 0 Å². The molecule has 0 saturated carbocycles. The molecule has 13 aromatic carbocycles. The Hall–Kier alpha value is -8.98. The van der Waals surface area contributed by atoms with E-state index in [1.165, 1.54) is 86.9 Å². The molecule has 2 nitrogen and oxygen atoms in total.